The van der Waals surface area contributed by atoms with Crippen LogP contribution in [0.4, 0.5) is 13.2 Å². The highest BCUT2D eigenvalue weighted by molar-refractivity contribution is 7.97. The largest absolute Gasteiger partial charge is 0.493 e. The fraction of sp³-hybridized carbons (Fsp3) is 0.647. The Morgan fingerprint density at radius 3 is 2.70 bits per heavy atom. The molecule has 0 bridgehead atoms. The van der Waals surface area contributed by atoms with E-state index in [-0.39, 0.29) is 11.8 Å². The Labute approximate surface area is 140 Å². The summed E-state index contributed by atoms with van der Waals surface area (Å²) < 4.78 is 48.1. The van der Waals surface area contributed by atoms with E-state index in [1.165, 1.54) is 12.1 Å². The van der Waals surface area contributed by atoms with Gasteiger partial charge in [0.15, 0.2) is 0 Å². The second-order valence-corrected chi connectivity index (χ2v) is 6.98. The average molecular weight is 347 g/mol. The molecule has 1 aliphatic rings. The van der Waals surface area contributed by atoms with Crippen LogP contribution >= 0.6 is 11.9 Å². The summed E-state index contributed by atoms with van der Waals surface area (Å²) in [5.74, 6) is 1.36. The fourth-order valence-corrected chi connectivity index (χ4v) is 3.06. The third-order valence-corrected chi connectivity index (χ3v) is 4.86. The standard InChI is InChI=1S/C17H24F3NOS/c1-3-4-9-23-21-12(2)14-7-8-15(17(18,19)20)16(10-14)22-11-13-5-6-13/h7-8,10,12-13,21H,3-6,9,11H2,1-2H3/t12-/m0/s1. The topological polar surface area (TPSA) is 21.3 Å². The van der Waals surface area contributed by atoms with Crippen LogP contribution in [-0.4, -0.2) is 12.4 Å². The van der Waals surface area contributed by atoms with E-state index in [4.69, 9.17) is 4.74 Å². The molecule has 1 N–H and O–H groups in total. The highest BCUT2D eigenvalue weighted by Crippen LogP contribution is 2.39. The van der Waals surface area contributed by atoms with Crippen molar-refractivity contribution in [3.63, 3.8) is 0 Å². The molecule has 23 heavy (non-hydrogen) atoms. The van der Waals surface area contributed by atoms with Gasteiger partial charge in [-0.05, 0) is 49.8 Å². The van der Waals surface area contributed by atoms with Crippen molar-refractivity contribution in [3.05, 3.63) is 29.3 Å². The van der Waals surface area contributed by atoms with Crippen molar-refractivity contribution in [2.45, 2.75) is 51.7 Å². The van der Waals surface area contributed by atoms with E-state index in [1.807, 2.05) is 6.92 Å². The average Bonchev–Trinajstić information content (AvgIpc) is 3.32. The molecule has 0 unspecified atom stereocenters. The lowest BCUT2D eigenvalue weighted by molar-refractivity contribution is -0.139. The van der Waals surface area contributed by atoms with E-state index in [2.05, 4.69) is 11.6 Å². The van der Waals surface area contributed by atoms with Gasteiger partial charge in [0, 0.05) is 11.8 Å². The molecule has 0 saturated heterocycles. The van der Waals surface area contributed by atoms with Crippen LogP contribution in [0.25, 0.3) is 0 Å². The van der Waals surface area contributed by atoms with Gasteiger partial charge < -0.3 is 4.74 Å². The first-order chi connectivity index (χ1) is 10.9. The van der Waals surface area contributed by atoms with Gasteiger partial charge in [0.1, 0.15) is 5.75 Å². The maximum Gasteiger partial charge on any atom is 0.419 e. The van der Waals surface area contributed by atoms with Crippen LogP contribution in [-0.2, 0) is 6.18 Å². The monoisotopic (exact) mass is 347 g/mol. The highest BCUT2D eigenvalue weighted by atomic mass is 32.2. The Kier molecular flexibility index (Phi) is 6.65. The van der Waals surface area contributed by atoms with Gasteiger partial charge >= 0.3 is 6.18 Å². The summed E-state index contributed by atoms with van der Waals surface area (Å²) in [7, 11) is 0. The quantitative estimate of drug-likeness (QED) is 0.464. The lowest BCUT2D eigenvalue weighted by Gasteiger charge is -2.18. The predicted molar refractivity (Wildman–Crippen MR) is 88.6 cm³/mol. The van der Waals surface area contributed by atoms with E-state index in [0.29, 0.717) is 12.5 Å². The van der Waals surface area contributed by atoms with Crippen molar-refractivity contribution in [2.24, 2.45) is 5.92 Å². The molecule has 0 radical (unpaired) electrons. The van der Waals surface area contributed by atoms with Crippen LogP contribution in [0.3, 0.4) is 0 Å². The number of hydrogen-bond acceptors (Lipinski definition) is 3. The molecule has 0 amide bonds. The molecular formula is C17H24F3NOS. The van der Waals surface area contributed by atoms with Crippen LogP contribution in [0.1, 0.15) is 56.7 Å². The van der Waals surface area contributed by atoms with Crippen molar-refractivity contribution in [2.75, 3.05) is 12.4 Å². The predicted octanol–water partition coefficient (Wildman–Crippen LogP) is 5.59. The number of unbranched alkanes of at least 4 members (excludes halogenated alkanes) is 1. The first-order valence-electron chi connectivity index (χ1n) is 8.13. The Balaban J connectivity index is 2.05. The van der Waals surface area contributed by atoms with Gasteiger partial charge in [-0.15, -0.1) is 0 Å². The number of ether oxygens (including phenoxy) is 1. The van der Waals surface area contributed by atoms with E-state index in [0.717, 1.165) is 43.1 Å². The number of nitrogens with one attached hydrogen (secondary N) is 1. The molecular weight excluding hydrogens is 323 g/mol. The van der Waals surface area contributed by atoms with Gasteiger partial charge in [-0.1, -0.05) is 31.4 Å². The number of halogens is 3. The van der Waals surface area contributed by atoms with Crippen molar-refractivity contribution >= 4 is 11.9 Å². The van der Waals surface area contributed by atoms with Gasteiger partial charge in [-0.25, -0.2) is 0 Å². The Morgan fingerprint density at radius 2 is 2.09 bits per heavy atom. The zero-order valence-electron chi connectivity index (χ0n) is 13.6. The highest BCUT2D eigenvalue weighted by Gasteiger charge is 2.35. The zero-order chi connectivity index (χ0) is 16.9. The fourth-order valence-electron chi connectivity index (χ4n) is 2.12. The summed E-state index contributed by atoms with van der Waals surface area (Å²) in [5, 5.41) is 0. The van der Waals surface area contributed by atoms with Crippen molar-refractivity contribution < 1.29 is 17.9 Å². The van der Waals surface area contributed by atoms with Crippen molar-refractivity contribution in [1.82, 2.24) is 4.72 Å². The summed E-state index contributed by atoms with van der Waals surface area (Å²) in [6.07, 6.45) is -0.0419. The Hall–Kier alpha value is -0.880. The summed E-state index contributed by atoms with van der Waals surface area (Å²) in [4.78, 5) is 0. The summed E-state index contributed by atoms with van der Waals surface area (Å²) in [6.45, 7) is 4.45. The molecule has 0 aromatic heterocycles. The van der Waals surface area contributed by atoms with Gasteiger partial charge in [-0.2, -0.15) is 13.2 Å². The van der Waals surface area contributed by atoms with Gasteiger partial charge in [-0.3, -0.25) is 4.72 Å². The Morgan fingerprint density at radius 1 is 1.35 bits per heavy atom. The number of benzene rings is 1. The van der Waals surface area contributed by atoms with E-state index >= 15 is 0 Å². The van der Waals surface area contributed by atoms with Crippen molar-refractivity contribution in [3.8, 4) is 5.75 Å². The minimum absolute atomic E-state index is 0.0255. The molecule has 2 nitrogen and oxygen atoms in total. The summed E-state index contributed by atoms with van der Waals surface area (Å²) in [5.41, 5.74) is 0.125. The van der Waals surface area contributed by atoms with E-state index in [1.54, 1.807) is 11.9 Å². The molecule has 0 aliphatic heterocycles. The maximum absolute atomic E-state index is 13.1. The molecule has 1 saturated carbocycles. The molecule has 130 valence electrons. The second-order valence-electron chi connectivity index (χ2n) is 6.05. The second kappa shape index (κ2) is 8.29. The van der Waals surface area contributed by atoms with Crippen LogP contribution in [0.2, 0.25) is 0 Å². The van der Waals surface area contributed by atoms with Crippen LogP contribution in [0, 0.1) is 5.92 Å². The number of alkyl halides is 3. The minimum Gasteiger partial charge on any atom is -0.493 e. The minimum atomic E-state index is -4.38. The third kappa shape index (κ3) is 5.92. The zero-order valence-corrected chi connectivity index (χ0v) is 14.4. The van der Waals surface area contributed by atoms with E-state index < -0.39 is 11.7 Å². The molecule has 1 fully saturated rings. The summed E-state index contributed by atoms with van der Waals surface area (Å²) >= 11 is 1.61. The molecule has 6 heteroatoms. The molecule has 0 spiro atoms. The molecule has 1 aromatic carbocycles. The molecule has 0 heterocycles. The van der Waals surface area contributed by atoms with Crippen LogP contribution in [0.15, 0.2) is 18.2 Å². The molecule has 1 aliphatic carbocycles. The van der Waals surface area contributed by atoms with Crippen molar-refractivity contribution in [1.29, 1.82) is 0 Å². The first-order valence-corrected chi connectivity index (χ1v) is 9.11. The smallest absolute Gasteiger partial charge is 0.419 e. The van der Waals surface area contributed by atoms with Crippen LogP contribution in [0.5, 0.6) is 5.75 Å². The molecule has 1 aromatic rings. The summed E-state index contributed by atoms with van der Waals surface area (Å²) in [6, 6.07) is 4.17. The van der Waals surface area contributed by atoms with E-state index in [9.17, 15) is 13.2 Å². The molecule has 2 rings (SSSR count). The number of rotatable bonds is 9. The van der Waals surface area contributed by atoms with Gasteiger partial charge in [0.25, 0.3) is 0 Å². The molecule has 1 atom stereocenters. The SMILES string of the molecule is CCCCSN[C@@H](C)c1ccc(C(F)(F)F)c(OCC2CC2)c1. The Bertz CT molecular complexity index is 503. The maximum atomic E-state index is 13.1. The number of hydrogen-bond donors (Lipinski definition) is 1. The normalized spacial score (nSPS) is 16.4. The third-order valence-electron chi connectivity index (χ3n) is 3.84. The van der Waals surface area contributed by atoms with Gasteiger partial charge in [0.05, 0.1) is 12.2 Å². The van der Waals surface area contributed by atoms with Crippen LogP contribution < -0.4 is 9.46 Å². The lowest BCUT2D eigenvalue weighted by Crippen LogP contribution is -2.14. The lowest BCUT2D eigenvalue weighted by atomic mass is 10.1. The first kappa shape index (κ1) is 18.5. The van der Waals surface area contributed by atoms with Gasteiger partial charge in [0.2, 0.25) is 0 Å².